The van der Waals surface area contributed by atoms with E-state index in [9.17, 15) is 4.39 Å². The number of halogens is 1. The molecule has 0 aliphatic carbocycles. The van der Waals surface area contributed by atoms with E-state index in [1.165, 1.54) is 6.07 Å². The average Bonchev–Trinajstić information content (AvgIpc) is 2.41. The molecule has 1 aromatic heterocycles. The Bertz CT molecular complexity index is 516. The van der Waals surface area contributed by atoms with Gasteiger partial charge in [0, 0.05) is 18.9 Å². The molecule has 2 rings (SSSR count). The first-order valence-corrected chi connectivity index (χ1v) is 5.73. The van der Waals surface area contributed by atoms with Gasteiger partial charge in [0.05, 0.1) is 0 Å². The van der Waals surface area contributed by atoms with Crippen molar-refractivity contribution in [2.75, 3.05) is 6.54 Å². The molecule has 18 heavy (non-hydrogen) atoms. The molecule has 0 saturated heterocycles. The molecule has 0 fully saturated rings. The molecule has 0 aliphatic rings. The number of hydrogen-bond donors (Lipinski definition) is 1. The third-order valence-corrected chi connectivity index (χ3v) is 2.70. The van der Waals surface area contributed by atoms with Gasteiger partial charge >= 0.3 is 0 Å². The minimum atomic E-state index is -0.252. The highest BCUT2D eigenvalue weighted by atomic mass is 19.1. The zero-order valence-electron chi connectivity index (χ0n) is 10.1. The van der Waals surface area contributed by atoms with Crippen LogP contribution >= 0.6 is 0 Å². The van der Waals surface area contributed by atoms with E-state index in [1.54, 1.807) is 31.5 Å². The molecule has 0 radical (unpaired) electrons. The normalized spacial score (nSPS) is 12.2. The van der Waals surface area contributed by atoms with Crippen molar-refractivity contribution in [2.45, 2.75) is 13.0 Å². The van der Waals surface area contributed by atoms with Crippen molar-refractivity contribution >= 4 is 0 Å². The van der Waals surface area contributed by atoms with Gasteiger partial charge in [-0.1, -0.05) is 0 Å². The number of ether oxygens (including phenoxy) is 1. The van der Waals surface area contributed by atoms with Gasteiger partial charge in [0.2, 0.25) is 0 Å². The van der Waals surface area contributed by atoms with Gasteiger partial charge in [-0.15, -0.1) is 0 Å². The summed E-state index contributed by atoms with van der Waals surface area (Å²) >= 11 is 0. The first-order valence-electron chi connectivity index (χ1n) is 5.73. The van der Waals surface area contributed by atoms with Crippen LogP contribution in [0, 0.1) is 12.7 Å². The summed E-state index contributed by atoms with van der Waals surface area (Å²) < 4.78 is 18.9. The maximum atomic E-state index is 13.2. The fraction of sp³-hybridized carbons (Fsp3) is 0.214. The second-order valence-corrected chi connectivity index (χ2v) is 4.03. The monoisotopic (exact) mass is 246 g/mol. The van der Waals surface area contributed by atoms with Crippen LogP contribution in [0.15, 0.2) is 42.7 Å². The molecule has 1 unspecified atom stereocenters. The molecule has 1 aromatic carbocycles. The van der Waals surface area contributed by atoms with E-state index in [1.807, 2.05) is 12.1 Å². The highest BCUT2D eigenvalue weighted by molar-refractivity contribution is 5.30. The lowest BCUT2D eigenvalue weighted by Gasteiger charge is -2.18. The Morgan fingerprint density at radius 1 is 1.28 bits per heavy atom. The van der Waals surface area contributed by atoms with Crippen LogP contribution in [0.25, 0.3) is 0 Å². The molecule has 3 nitrogen and oxygen atoms in total. The Balaban J connectivity index is 2.18. The van der Waals surface area contributed by atoms with Gasteiger partial charge < -0.3 is 10.5 Å². The molecule has 0 amide bonds. The van der Waals surface area contributed by atoms with Crippen molar-refractivity contribution < 1.29 is 9.13 Å². The first kappa shape index (κ1) is 12.5. The van der Waals surface area contributed by atoms with Gasteiger partial charge in [-0.3, -0.25) is 4.98 Å². The minimum absolute atomic E-state index is 0.240. The maximum absolute atomic E-state index is 13.2. The van der Waals surface area contributed by atoms with Crippen LogP contribution in [0.1, 0.15) is 17.2 Å². The number of nitrogens with two attached hydrogens (primary N) is 1. The predicted octanol–water partition coefficient (Wildman–Crippen LogP) is 2.61. The molecule has 0 aliphatic heterocycles. The summed E-state index contributed by atoms with van der Waals surface area (Å²) in [7, 11) is 0. The molecule has 0 spiro atoms. The quantitative estimate of drug-likeness (QED) is 0.902. The molecule has 1 atom stereocenters. The molecular weight excluding hydrogens is 231 g/mol. The van der Waals surface area contributed by atoms with Crippen molar-refractivity contribution in [3.8, 4) is 5.75 Å². The van der Waals surface area contributed by atoms with Crippen LogP contribution in [0.4, 0.5) is 4.39 Å². The van der Waals surface area contributed by atoms with E-state index in [-0.39, 0.29) is 11.9 Å². The Labute approximate surface area is 105 Å². The van der Waals surface area contributed by atoms with Crippen LogP contribution in [0.3, 0.4) is 0 Å². The Kier molecular flexibility index (Phi) is 3.89. The average molecular weight is 246 g/mol. The van der Waals surface area contributed by atoms with Crippen molar-refractivity contribution in [1.29, 1.82) is 0 Å². The van der Waals surface area contributed by atoms with E-state index in [2.05, 4.69) is 4.98 Å². The van der Waals surface area contributed by atoms with Gasteiger partial charge in [-0.05, 0) is 48.4 Å². The summed E-state index contributed by atoms with van der Waals surface area (Å²) in [4.78, 5) is 3.95. The van der Waals surface area contributed by atoms with Crippen molar-refractivity contribution in [3.63, 3.8) is 0 Å². The SMILES string of the molecule is Cc1cc(OC(CN)c2ccncc2)ccc1F. The summed E-state index contributed by atoms with van der Waals surface area (Å²) in [6.07, 6.45) is 3.13. The molecule has 1 heterocycles. The largest absolute Gasteiger partial charge is 0.484 e. The number of benzene rings is 1. The van der Waals surface area contributed by atoms with Gasteiger partial charge in [-0.25, -0.2) is 4.39 Å². The van der Waals surface area contributed by atoms with Crippen molar-refractivity contribution in [3.05, 3.63) is 59.7 Å². The minimum Gasteiger partial charge on any atom is -0.484 e. The fourth-order valence-electron chi connectivity index (χ4n) is 1.69. The number of aryl methyl sites for hydroxylation is 1. The Morgan fingerprint density at radius 3 is 2.61 bits per heavy atom. The zero-order chi connectivity index (χ0) is 13.0. The molecule has 0 saturated carbocycles. The fourth-order valence-corrected chi connectivity index (χ4v) is 1.69. The summed E-state index contributed by atoms with van der Waals surface area (Å²) in [5.74, 6) is 0.372. The van der Waals surface area contributed by atoms with E-state index in [0.717, 1.165) is 5.56 Å². The second-order valence-electron chi connectivity index (χ2n) is 4.03. The van der Waals surface area contributed by atoms with Crippen LogP contribution in [-0.2, 0) is 0 Å². The lowest BCUT2D eigenvalue weighted by molar-refractivity contribution is 0.213. The first-order chi connectivity index (χ1) is 8.70. The zero-order valence-corrected chi connectivity index (χ0v) is 10.1. The number of hydrogen-bond acceptors (Lipinski definition) is 3. The maximum Gasteiger partial charge on any atom is 0.136 e. The van der Waals surface area contributed by atoms with E-state index in [4.69, 9.17) is 10.5 Å². The van der Waals surface area contributed by atoms with Crippen molar-refractivity contribution in [1.82, 2.24) is 4.98 Å². The van der Waals surface area contributed by atoms with Crippen LogP contribution < -0.4 is 10.5 Å². The Morgan fingerprint density at radius 2 is 2.00 bits per heavy atom. The molecule has 4 heteroatoms. The van der Waals surface area contributed by atoms with Crippen molar-refractivity contribution in [2.24, 2.45) is 5.73 Å². The topological polar surface area (TPSA) is 48.1 Å². The molecule has 2 aromatic rings. The van der Waals surface area contributed by atoms with Gasteiger partial charge in [0.15, 0.2) is 0 Å². The number of rotatable bonds is 4. The highest BCUT2D eigenvalue weighted by Gasteiger charge is 2.11. The number of nitrogens with zero attached hydrogens (tertiary/aromatic N) is 1. The standard InChI is InChI=1S/C14H15FN2O/c1-10-8-12(2-3-13(10)15)18-14(9-16)11-4-6-17-7-5-11/h2-8,14H,9,16H2,1H3. The number of pyridine rings is 1. The van der Waals surface area contributed by atoms with E-state index < -0.39 is 0 Å². The number of aromatic nitrogens is 1. The summed E-state index contributed by atoms with van der Waals surface area (Å²) in [6.45, 7) is 2.05. The van der Waals surface area contributed by atoms with Gasteiger partial charge in [0.25, 0.3) is 0 Å². The highest BCUT2D eigenvalue weighted by Crippen LogP contribution is 2.22. The van der Waals surface area contributed by atoms with Crippen LogP contribution in [0.5, 0.6) is 5.75 Å². The third kappa shape index (κ3) is 2.84. The molecule has 2 N–H and O–H groups in total. The summed E-state index contributed by atoms with van der Waals surface area (Å²) in [6, 6.07) is 8.37. The summed E-state index contributed by atoms with van der Waals surface area (Å²) in [5, 5.41) is 0. The van der Waals surface area contributed by atoms with E-state index in [0.29, 0.717) is 17.9 Å². The molecule has 94 valence electrons. The van der Waals surface area contributed by atoms with Gasteiger partial charge in [-0.2, -0.15) is 0 Å². The van der Waals surface area contributed by atoms with Gasteiger partial charge in [0.1, 0.15) is 17.7 Å². The second kappa shape index (κ2) is 5.60. The predicted molar refractivity (Wildman–Crippen MR) is 67.8 cm³/mol. The lowest BCUT2D eigenvalue weighted by atomic mass is 10.1. The smallest absolute Gasteiger partial charge is 0.136 e. The molecular formula is C14H15FN2O. The third-order valence-electron chi connectivity index (χ3n) is 2.70. The summed E-state index contributed by atoms with van der Waals surface area (Å²) in [5.41, 5.74) is 7.21. The van der Waals surface area contributed by atoms with Crippen LogP contribution in [0.2, 0.25) is 0 Å². The van der Waals surface area contributed by atoms with Crippen LogP contribution in [-0.4, -0.2) is 11.5 Å². The van der Waals surface area contributed by atoms with E-state index >= 15 is 0 Å². The molecule has 0 bridgehead atoms. The lowest BCUT2D eigenvalue weighted by Crippen LogP contribution is -2.18. The Hall–Kier alpha value is -1.94.